The number of nitrogens with one attached hydrogen (secondary N) is 1. The van der Waals surface area contributed by atoms with Crippen LogP contribution in [0.4, 0.5) is 16.2 Å². The lowest BCUT2D eigenvalue weighted by molar-refractivity contribution is -0.271. The van der Waals surface area contributed by atoms with E-state index in [0.717, 1.165) is 10.5 Å². The number of carboxylic acids is 1. The summed E-state index contributed by atoms with van der Waals surface area (Å²) >= 11 is 0. The number of aliphatic imine (C=N–C) groups is 1. The van der Waals surface area contributed by atoms with Gasteiger partial charge in [-0.25, -0.2) is 14.5 Å². The maximum absolute atomic E-state index is 14.5. The Hall–Kier alpha value is -7.32. The van der Waals surface area contributed by atoms with Crippen molar-refractivity contribution in [1.29, 1.82) is 0 Å². The molecule has 432 valence electrons. The number of ether oxygens (including phenoxy) is 8. The second-order valence-electron chi connectivity index (χ2n) is 21.5. The second-order valence-corrected chi connectivity index (χ2v) is 21.5. The SMILES string of the molecule is C=C1CC2C(O)N(C(=O)OCc3ccc(O[C@@H]4O[C@H](C(=O)O)[C@@H](O)[C@H](O)[C@H]4O)c(C(=O)NC(C)(C)CCOC(C)(C)N)c3)c3cc(OCCCCCOc4cc5c(cc4OC)C(=O)N4CC(=C)C[C@H]4C=N5)c(OC)cc3C(=O)N2C1. The zero-order valence-electron chi connectivity index (χ0n) is 45.5. The highest BCUT2D eigenvalue weighted by atomic mass is 16.7. The number of carboxylic acid groups (broad SMARTS) is 1. The smallest absolute Gasteiger partial charge is 0.416 e. The fourth-order valence-electron chi connectivity index (χ4n) is 9.98. The standard InChI is InChI=1S/C56H70N6O18/c1-29-18-32-25-58-36-23-42(40(73-7)21-33(36)49(67)60(32)26-29)75-15-10-9-11-16-76-43-24-37-34(22-41(43)74-8)50(68)61-27-30(2)19-38(61)51(69)62(37)54(72)77-28-31-12-13-39(79-53-46(65)44(63)45(64)47(80-53)52(70)71)35(20-31)48(66)59-55(3,4)14-17-78-56(5,6)57/h12-13,20-25,32,38,44-47,51,53,63-65,69H,1-2,9-11,14-19,26-28,57H2,3-8H3,(H,59,66)(H,70,71)/t32-,38?,44-,45-,46+,47-,51?,53+/m0/s1. The van der Waals surface area contributed by atoms with Gasteiger partial charge in [-0.2, -0.15) is 0 Å². The van der Waals surface area contributed by atoms with Crippen LogP contribution in [0.3, 0.4) is 0 Å². The predicted molar refractivity (Wildman–Crippen MR) is 287 cm³/mol. The number of amides is 4. The molecule has 0 saturated carbocycles. The molecule has 0 bridgehead atoms. The van der Waals surface area contributed by atoms with E-state index < -0.39 is 84.7 Å². The van der Waals surface area contributed by atoms with Gasteiger partial charge in [-0.05, 0) is 96.0 Å². The number of unbranched alkanes of at least 4 members (excludes halogenated alkanes) is 2. The van der Waals surface area contributed by atoms with Gasteiger partial charge in [0.25, 0.3) is 17.7 Å². The van der Waals surface area contributed by atoms with Gasteiger partial charge in [-0.1, -0.05) is 30.4 Å². The highest BCUT2D eigenvalue weighted by Gasteiger charge is 2.49. The van der Waals surface area contributed by atoms with Crippen molar-refractivity contribution in [3.63, 3.8) is 0 Å². The third-order valence-electron chi connectivity index (χ3n) is 14.2. The van der Waals surface area contributed by atoms with Gasteiger partial charge in [0.15, 0.2) is 35.3 Å². The van der Waals surface area contributed by atoms with Crippen molar-refractivity contribution in [2.75, 3.05) is 52.0 Å². The van der Waals surface area contributed by atoms with E-state index in [1.165, 1.54) is 49.5 Å². The molecule has 5 aliphatic rings. The van der Waals surface area contributed by atoms with Crippen molar-refractivity contribution in [1.82, 2.24) is 15.1 Å². The Morgan fingerprint density at radius 3 is 2.09 bits per heavy atom. The number of hydrogen-bond acceptors (Lipinski definition) is 19. The number of aliphatic hydroxyl groups is 4. The number of carbonyl (C=O) groups excluding carboxylic acids is 4. The molecule has 3 aromatic rings. The van der Waals surface area contributed by atoms with Crippen LogP contribution in [-0.4, -0.2) is 179 Å². The quantitative estimate of drug-likeness (QED) is 0.0451. The lowest BCUT2D eigenvalue weighted by Crippen LogP contribution is -2.61. The summed E-state index contributed by atoms with van der Waals surface area (Å²) in [4.78, 5) is 77.0. The van der Waals surface area contributed by atoms with Crippen LogP contribution in [0.15, 0.2) is 71.8 Å². The number of benzene rings is 3. The van der Waals surface area contributed by atoms with E-state index in [1.54, 1.807) is 50.9 Å². The highest BCUT2D eigenvalue weighted by molar-refractivity contribution is 6.06. The van der Waals surface area contributed by atoms with E-state index >= 15 is 0 Å². The molecule has 5 heterocycles. The minimum atomic E-state index is -2.01. The number of aliphatic hydroxyl groups excluding tert-OH is 4. The monoisotopic (exact) mass is 1110 g/mol. The van der Waals surface area contributed by atoms with Crippen molar-refractivity contribution < 1.29 is 87.4 Å². The first-order valence-electron chi connectivity index (χ1n) is 26.2. The minimum absolute atomic E-state index is 0.00694. The van der Waals surface area contributed by atoms with Crippen LogP contribution in [0.5, 0.6) is 28.7 Å². The number of anilines is 1. The zero-order valence-corrected chi connectivity index (χ0v) is 45.5. The van der Waals surface area contributed by atoms with Gasteiger partial charge < -0.3 is 84.3 Å². The van der Waals surface area contributed by atoms with Gasteiger partial charge in [-0.3, -0.25) is 19.4 Å². The molecule has 24 nitrogen and oxygen atoms in total. The van der Waals surface area contributed by atoms with Gasteiger partial charge in [-0.15, -0.1) is 0 Å². The maximum Gasteiger partial charge on any atom is 0.416 e. The molecule has 2 unspecified atom stereocenters. The van der Waals surface area contributed by atoms with Crippen LogP contribution in [-0.2, 0) is 25.6 Å². The molecule has 80 heavy (non-hydrogen) atoms. The molecule has 0 aliphatic carbocycles. The molecule has 8 rings (SSSR count). The number of nitrogens with zero attached hydrogens (tertiary/aromatic N) is 4. The van der Waals surface area contributed by atoms with E-state index in [2.05, 4.69) is 23.5 Å². The Morgan fingerprint density at radius 1 is 0.787 bits per heavy atom. The van der Waals surface area contributed by atoms with Gasteiger partial charge in [0.05, 0.1) is 74.2 Å². The normalized spacial score (nSPS) is 23.6. The predicted octanol–water partition coefficient (Wildman–Crippen LogP) is 3.95. The summed E-state index contributed by atoms with van der Waals surface area (Å²) in [6.07, 6.45) is -7.89. The summed E-state index contributed by atoms with van der Waals surface area (Å²) in [7, 11) is 2.91. The van der Waals surface area contributed by atoms with E-state index in [1.807, 2.05) is 0 Å². The van der Waals surface area contributed by atoms with Gasteiger partial charge >= 0.3 is 12.1 Å². The van der Waals surface area contributed by atoms with E-state index in [9.17, 15) is 49.5 Å². The van der Waals surface area contributed by atoms with Crippen LogP contribution in [0.1, 0.15) is 103 Å². The molecule has 0 radical (unpaired) electrons. The van der Waals surface area contributed by atoms with Crippen LogP contribution in [0.2, 0.25) is 0 Å². The number of methoxy groups -OCH3 is 2. The fraction of sp³-hybridized carbons (Fsp3) is 0.500. The first-order valence-corrected chi connectivity index (χ1v) is 26.2. The molecular formula is C56H70N6O18. The average molecular weight is 1120 g/mol. The number of fused-ring (bicyclic) bond motifs is 4. The van der Waals surface area contributed by atoms with Crippen LogP contribution in [0, 0.1) is 0 Å². The second kappa shape index (κ2) is 24.2. The topological polar surface area (TPSA) is 320 Å². The number of carbonyl (C=O) groups is 5. The summed E-state index contributed by atoms with van der Waals surface area (Å²) in [6.45, 7) is 15.6. The Bertz CT molecular complexity index is 2920. The van der Waals surface area contributed by atoms with E-state index in [0.29, 0.717) is 67.2 Å². The molecule has 8 N–H and O–H groups in total. The Morgan fingerprint density at radius 2 is 1.43 bits per heavy atom. The summed E-state index contributed by atoms with van der Waals surface area (Å²) in [5.74, 6) is -2.09. The van der Waals surface area contributed by atoms with Crippen molar-refractivity contribution in [2.24, 2.45) is 10.7 Å². The molecule has 3 saturated heterocycles. The summed E-state index contributed by atoms with van der Waals surface area (Å²) in [5, 5.41) is 56.1. The van der Waals surface area contributed by atoms with Crippen LogP contribution < -0.4 is 39.6 Å². The molecule has 3 aromatic carbocycles. The Kier molecular flexibility index (Phi) is 17.8. The molecule has 3 fully saturated rings. The number of rotatable bonds is 21. The third-order valence-corrected chi connectivity index (χ3v) is 14.2. The van der Waals surface area contributed by atoms with Gasteiger partial charge in [0, 0.05) is 37.0 Å². The summed E-state index contributed by atoms with van der Waals surface area (Å²) < 4.78 is 46.3. The average Bonchev–Trinajstić information content (AvgIpc) is 3.95. The third kappa shape index (κ3) is 13.0. The van der Waals surface area contributed by atoms with Crippen molar-refractivity contribution >= 4 is 47.4 Å². The molecule has 24 heteroatoms. The number of nitrogens with two attached hydrogens (primary N) is 1. The van der Waals surface area contributed by atoms with Crippen molar-refractivity contribution in [3.8, 4) is 28.7 Å². The van der Waals surface area contributed by atoms with E-state index in [4.69, 9.17) is 43.6 Å². The first-order chi connectivity index (χ1) is 37.9. The number of hydrogen-bond donors (Lipinski definition) is 7. The lowest BCUT2D eigenvalue weighted by Gasteiger charge is -2.38. The number of aliphatic carboxylic acids is 1. The van der Waals surface area contributed by atoms with Gasteiger partial charge in [0.1, 0.15) is 36.4 Å². The molecule has 8 atom stereocenters. The highest BCUT2D eigenvalue weighted by Crippen LogP contribution is 2.43. The fourth-order valence-corrected chi connectivity index (χ4v) is 9.98. The van der Waals surface area contributed by atoms with Crippen molar-refractivity contribution in [2.45, 2.75) is 133 Å². The Labute approximate surface area is 462 Å². The maximum atomic E-state index is 14.5. The van der Waals surface area contributed by atoms with Crippen LogP contribution in [0.25, 0.3) is 0 Å². The molecule has 0 spiro atoms. The Balaban J connectivity index is 0.975. The summed E-state index contributed by atoms with van der Waals surface area (Å²) in [6, 6.07) is 9.14. The van der Waals surface area contributed by atoms with Crippen molar-refractivity contribution in [3.05, 3.63) is 89.0 Å². The lowest BCUT2D eigenvalue weighted by atomic mass is 9.98. The minimum Gasteiger partial charge on any atom is -0.493 e. The largest absolute Gasteiger partial charge is 0.493 e. The van der Waals surface area contributed by atoms with Gasteiger partial charge in [0.2, 0.25) is 6.29 Å². The first kappa shape index (κ1) is 58.8. The zero-order chi connectivity index (χ0) is 58.0. The van der Waals surface area contributed by atoms with E-state index in [-0.39, 0.29) is 84.2 Å². The van der Waals surface area contributed by atoms with Crippen LogP contribution >= 0.6 is 0 Å². The summed E-state index contributed by atoms with van der Waals surface area (Å²) in [5.41, 5.74) is 6.60. The molecular weight excluding hydrogens is 1040 g/mol. The molecule has 5 aliphatic heterocycles. The molecule has 4 amide bonds. The molecule has 0 aromatic heterocycles.